The fourth-order valence-electron chi connectivity index (χ4n) is 1.74. The Kier molecular flexibility index (Phi) is 5.37. The van der Waals surface area contributed by atoms with Crippen LogP contribution in [0.3, 0.4) is 0 Å². The molecule has 0 bridgehead atoms. The van der Waals surface area contributed by atoms with Crippen LogP contribution in [0.25, 0.3) is 0 Å². The zero-order valence-corrected chi connectivity index (χ0v) is 11.4. The number of carboxylic acids is 1. The first-order valence-electron chi connectivity index (χ1n) is 6.14. The number of hydrogen-bond donors (Lipinski definition) is 2. The van der Waals surface area contributed by atoms with Gasteiger partial charge in [0.05, 0.1) is 6.04 Å². The fourth-order valence-corrected chi connectivity index (χ4v) is 1.74. The Labute approximate surface area is 108 Å². The summed E-state index contributed by atoms with van der Waals surface area (Å²) >= 11 is 0. The molecule has 0 aromatic carbocycles. The van der Waals surface area contributed by atoms with E-state index in [1.807, 2.05) is 21.0 Å². The number of furan rings is 1. The molecule has 0 aliphatic rings. The molecule has 0 saturated carbocycles. The highest BCUT2D eigenvalue weighted by Gasteiger charge is 2.15. The van der Waals surface area contributed by atoms with E-state index in [9.17, 15) is 4.79 Å². The zero-order valence-electron chi connectivity index (χ0n) is 11.4. The molecule has 1 rings (SSSR count). The number of carboxylic acid groups (broad SMARTS) is 1. The van der Waals surface area contributed by atoms with E-state index in [1.54, 1.807) is 6.07 Å². The summed E-state index contributed by atoms with van der Waals surface area (Å²) in [6.45, 7) is 5.09. The van der Waals surface area contributed by atoms with Crippen LogP contribution in [0, 0.1) is 0 Å². The van der Waals surface area contributed by atoms with Gasteiger partial charge in [0.2, 0.25) is 5.76 Å². The second-order valence-electron chi connectivity index (χ2n) is 4.89. The monoisotopic (exact) mass is 254 g/mol. The maximum absolute atomic E-state index is 10.7. The molecular formula is C13H22N2O3. The number of aromatic carboxylic acids is 1. The lowest BCUT2D eigenvalue weighted by atomic mass is 10.2. The standard InChI is InChI=1S/C13H22N2O3/c1-9(7-8-15(3)4)14-10(2)11-5-6-12(18-11)13(16)17/h5-6,9-10,14H,7-8H2,1-4H3,(H,16,17). The van der Waals surface area contributed by atoms with Gasteiger partial charge in [-0.3, -0.25) is 0 Å². The van der Waals surface area contributed by atoms with Crippen LogP contribution in [-0.2, 0) is 0 Å². The molecule has 2 atom stereocenters. The largest absolute Gasteiger partial charge is 0.475 e. The van der Waals surface area contributed by atoms with Crippen molar-refractivity contribution in [3.05, 3.63) is 23.7 Å². The van der Waals surface area contributed by atoms with E-state index >= 15 is 0 Å². The molecule has 5 heteroatoms. The molecule has 102 valence electrons. The smallest absolute Gasteiger partial charge is 0.371 e. The minimum Gasteiger partial charge on any atom is -0.475 e. The maximum Gasteiger partial charge on any atom is 0.371 e. The van der Waals surface area contributed by atoms with Crippen molar-refractivity contribution in [2.75, 3.05) is 20.6 Å². The van der Waals surface area contributed by atoms with Gasteiger partial charge < -0.3 is 19.7 Å². The topological polar surface area (TPSA) is 65.7 Å². The van der Waals surface area contributed by atoms with Crippen molar-refractivity contribution < 1.29 is 14.3 Å². The van der Waals surface area contributed by atoms with Crippen molar-refractivity contribution in [2.45, 2.75) is 32.4 Å². The Hall–Kier alpha value is -1.33. The highest BCUT2D eigenvalue weighted by atomic mass is 16.4. The molecule has 1 heterocycles. The molecule has 18 heavy (non-hydrogen) atoms. The van der Waals surface area contributed by atoms with Gasteiger partial charge in [-0.2, -0.15) is 0 Å². The van der Waals surface area contributed by atoms with E-state index in [1.165, 1.54) is 6.07 Å². The van der Waals surface area contributed by atoms with Gasteiger partial charge in [0.25, 0.3) is 0 Å². The molecule has 0 aliphatic heterocycles. The molecule has 1 aromatic heterocycles. The van der Waals surface area contributed by atoms with Gasteiger partial charge in [-0.15, -0.1) is 0 Å². The lowest BCUT2D eigenvalue weighted by Gasteiger charge is -2.20. The van der Waals surface area contributed by atoms with Crippen LogP contribution in [0.4, 0.5) is 0 Å². The third-order valence-electron chi connectivity index (χ3n) is 2.81. The molecule has 0 radical (unpaired) electrons. The SMILES string of the molecule is CC(CCN(C)C)NC(C)c1ccc(C(=O)O)o1. The molecule has 5 nitrogen and oxygen atoms in total. The fraction of sp³-hybridized carbons (Fsp3) is 0.615. The Morgan fingerprint density at radius 3 is 2.61 bits per heavy atom. The van der Waals surface area contributed by atoms with Crippen molar-refractivity contribution in [1.82, 2.24) is 10.2 Å². The summed E-state index contributed by atoms with van der Waals surface area (Å²) in [4.78, 5) is 12.9. The van der Waals surface area contributed by atoms with Gasteiger partial charge in [-0.05, 0) is 53.0 Å². The van der Waals surface area contributed by atoms with Crippen molar-refractivity contribution >= 4 is 5.97 Å². The summed E-state index contributed by atoms with van der Waals surface area (Å²) in [5, 5.41) is 12.2. The maximum atomic E-state index is 10.7. The Bertz CT molecular complexity index is 387. The van der Waals surface area contributed by atoms with Crippen LogP contribution in [-0.4, -0.2) is 42.7 Å². The molecule has 2 N–H and O–H groups in total. The van der Waals surface area contributed by atoms with E-state index in [4.69, 9.17) is 9.52 Å². The van der Waals surface area contributed by atoms with Gasteiger partial charge in [0.15, 0.2) is 0 Å². The number of hydrogen-bond acceptors (Lipinski definition) is 4. The lowest BCUT2D eigenvalue weighted by Crippen LogP contribution is -2.31. The summed E-state index contributed by atoms with van der Waals surface area (Å²) in [5.74, 6) is -0.391. The predicted octanol–water partition coefficient (Wildman–Crippen LogP) is 1.97. The van der Waals surface area contributed by atoms with Gasteiger partial charge in [0.1, 0.15) is 5.76 Å². The molecule has 0 fully saturated rings. The first kappa shape index (κ1) is 14.7. The van der Waals surface area contributed by atoms with E-state index < -0.39 is 5.97 Å². The van der Waals surface area contributed by atoms with Crippen molar-refractivity contribution in [3.8, 4) is 0 Å². The first-order valence-corrected chi connectivity index (χ1v) is 6.14. The average molecular weight is 254 g/mol. The molecule has 0 saturated heterocycles. The normalized spacial score (nSPS) is 14.7. The molecular weight excluding hydrogens is 232 g/mol. The highest BCUT2D eigenvalue weighted by Crippen LogP contribution is 2.17. The first-order chi connectivity index (χ1) is 8.40. The molecule has 0 spiro atoms. The van der Waals surface area contributed by atoms with Gasteiger partial charge in [-0.1, -0.05) is 0 Å². The van der Waals surface area contributed by atoms with Crippen LogP contribution in [0.1, 0.15) is 42.6 Å². The third kappa shape index (κ3) is 4.50. The Morgan fingerprint density at radius 2 is 2.11 bits per heavy atom. The van der Waals surface area contributed by atoms with Crippen LogP contribution in [0.5, 0.6) is 0 Å². The number of nitrogens with one attached hydrogen (secondary N) is 1. The summed E-state index contributed by atoms with van der Waals surface area (Å²) in [5.41, 5.74) is 0. The minimum absolute atomic E-state index is 0.00950. The number of nitrogens with zero attached hydrogens (tertiary/aromatic N) is 1. The van der Waals surface area contributed by atoms with Gasteiger partial charge in [0, 0.05) is 6.04 Å². The molecule has 1 aromatic rings. The predicted molar refractivity (Wildman–Crippen MR) is 69.9 cm³/mol. The average Bonchev–Trinajstić information content (AvgIpc) is 2.75. The van der Waals surface area contributed by atoms with E-state index in [0.29, 0.717) is 11.8 Å². The number of carbonyl (C=O) groups is 1. The van der Waals surface area contributed by atoms with Crippen LogP contribution in [0.15, 0.2) is 16.5 Å². The van der Waals surface area contributed by atoms with Crippen LogP contribution < -0.4 is 5.32 Å². The van der Waals surface area contributed by atoms with Gasteiger partial charge >= 0.3 is 5.97 Å². The van der Waals surface area contributed by atoms with Crippen molar-refractivity contribution in [3.63, 3.8) is 0 Å². The lowest BCUT2D eigenvalue weighted by molar-refractivity contribution is 0.0659. The van der Waals surface area contributed by atoms with Crippen molar-refractivity contribution in [2.24, 2.45) is 0 Å². The molecule has 0 aliphatic carbocycles. The van der Waals surface area contributed by atoms with Crippen LogP contribution >= 0.6 is 0 Å². The van der Waals surface area contributed by atoms with E-state index in [-0.39, 0.29) is 11.8 Å². The second kappa shape index (κ2) is 6.56. The quantitative estimate of drug-likeness (QED) is 0.778. The summed E-state index contributed by atoms with van der Waals surface area (Å²) in [6, 6.07) is 3.55. The molecule has 0 amide bonds. The Balaban J connectivity index is 2.48. The summed E-state index contributed by atoms with van der Waals surface area (Å²) in [6.07, 6.45) is 1.03. The second-order valence-corrected chi connectivity index (χ2v) is 4.89. The Morgan fingerprint density at radius 1 is 1.44 bits per heavy atom. The van der Waals surface area contributed by atoms with E-state index in [2.05, 4.69) is 17.1 Å². The summed E-state index contributed by atoms with van der Waals surface area (Å²) < 4.78 is 5.26. The van der Waals surface area contributed by atoms with Crippen molar-refractivity contribution in [1.29, 1.82) is 0 Å². The summed E-state index contributed by atoms with van der Waals surface area (Å²) in [7, 11) is 4.09. The van der Waals surface area contributed by atoms with E-state index in [0.717, 1.165) is 13.0 Å². The number of rotatable bonds is 7. The highest BCUT2D eigenvalue weighted by molar-refractivity contribution is 5.84. The van der Waals surface area contributed by atoms with Gasteiger partial charge in [-0.25, -0.2) is 4.79 Å². The molecule has 2 unspecified atom stereocenters. The third-order valence-corrected chi connectivity index (χ3v) is 2.81. The zero-order chi connectivity index (χ0) is 13.7. The minimum atomic E-state index is -1.03. The van der Waals surface area contributed by atoms with Crippen LogP contribution in [0.2, 0.25) is 0 Å².